The van der Waals surface area contributed by atoms with Gasteiger partial charge < -0.3 is 9.30 Å². The van der Waals surface area contributed by atoms with Gasteiger partial charge in [-0.1, -0.05) is 90.4 Å². The molecule has 6 aromatic carbocycles. The summed E-state index contributed by atoms with van der Waals surface area (Å²) < 4.78 is 8.99. The number of nitrogens with zero attached hydrogens (tertiary/aromatic N) is 1. The predicted octanol–water partition coefficient (Wildman–Crippen LogP) is 6.54. The topological polar surface area (TPSA) is 14.2 Å². The Morgan fingerprint density at radius 2 is 1.24 bits per heavy atom. The molecule has 2 aliphatic heterocycles. The van der Waals surface area contributed by atoms with Crippen molar-refractivity contribution in [3.05, 3.63) is 121 Å². The zero-order valence-electron chi connectivity index (χ0n) is 20.0. The zero-order chi connectivity index (χ0) is 24.1. The van der Waals surface area contributed by atoms with Gasteiger partial charge in [0.1, 0.15) is 11.5 Å². The van der Waals surface area contributed by atoms with E-state index in [2.05, 4.69) is 126 Å². The quantitative estimate of drug-likeness (QED) is 0.249. The van der Waals surface area contributed by atoms with Crippen molar-refractivity contribution < 1.29 is 4.74 Å². The fourth-order valence-electron chi connectivity index (χ4n) is 6.77. The van der Waals surface area contributed by atoms with E-state index in [9.17, 15) is 0 Å². The van der Waals surface area contributed by atoms with Crippen molar-refractivity contribution in [2.75, 3.05) is 0 Å². The molecule has 0 bridgehead atoms. The molecule has 2 aliphatic rings. The van der Waals surface area contributed by atoms with Crippen LogP contribution in [-0.2, 0) is 0 Å². The van der Waals surface area contributed by atoms with Crippen molar-refractivity contribution in [1.82, 2.24) is 4.57 Å². The Hall–Kier alpha value is -4.76. The molecule has 0 amide bonds. The SMILES string of the molecule is c1ccc2c(c1)B1c3cc(-n4c5ccccc5c5ccccc54)ccc3Oc3ccc4cccc-2c4c31. The van der Waals surface area contributed by atoms with Crippen molar-refractivity contribution in [3.8, 4) is 28.3 Å². The number of benzene rings is 6. The molecule has 3 heterocycles. The second-order valence-electron chi connectivity index (χ2n) is 10.1. The van der Waals surface area contributed by atoms with E-state index in [1.807, 2.05) is 0 Å². The number of ether oxygens (including phenoxy) is 1. The molecule has 2 nitrogen and oxygen atoms in total. The third-order valence-corrected chi connectivity index (χ3v) is 8.26. The van der Waals surface area contributed by atoms with Gasteiger partial charge in [0.05, 0.1) is 11.0 Å². The first kappa shape index (κ1) is 19.4. The maximum absolute atomic E-state index is 6.60. The molecule has 0 radical (unpaired) electrons. The highest BCUT2D eigenvalue weighted by atomic mass is 16.5. The van der Waals surface area contributed by atoms with Gasteiger partial charge in [0.2, 0.25) is 0 Å². The van der Waals surface area contributed by atoms with Crippen LogP contribution in [0, 0.1) is 0 Å². The average Bonchev–Trinajstić information content (AvgIpc) is 3.30. The highest BCUT2D eigenvalue weighted by molar-refractivity contribution is 7.00. The van der Waals surface area contributed by atoms with Crippen LogP contribution in [0.15, 0.2) is 121 Å². The first-order valence-corrected chi connectivity index (χ1v) is 12.8. The van der Waals surface area contributed by atoms with E-state index in [0.29, 0.717) is 0 Å². The molecule has 9 rings (SSSR count). The van der Waals surface area contributed by atoms with Gasteiger partial charge in [-0.15, -0.1) is 0 Å². The van der Waals surface area contributed by atoms with Crippen LogP contribution in [0.25, 0.3) is 49.4 Å². The fraction of sp³-hybridized carbons (Fsp3) is 0. The highest BCUT2D eigenvalue weighted by Crippen LogP contribution is 2.38. The molecule has 0 N–H and O–H groups in total. The van der Waals surface area contributed by atoms with Crippen molar-refractivity contribution >= 4 is 55.7 Å². The summed E-state index contributed by atoms with van der Waals surface area (Å²) >= 11 is 0. The Morgan fingerprint density at radius 3 is 2.08 bits per heavy atom. The van der Waals surface area contributed by atoms with Crippen LogP contribution in [0.3, 0.4) is 0 Å². The lowest BCUT2D eigenvalue weighted by Gasteiger charge is -2.33. The van der Waals surface area contributed by atoms with E-state index in [-0.39, 0.29) is 6.71 Å². The molecular weight excluding hydrogens is 449 g/mol. The van der Waals surface area contributed by atoms with E-state index in [1.54, 1.807) is 0 Å². The number of hydrogen-bond donors (Lipinski definition) is 0. The summed E-state index contributed by atoms with van der Waals surface area (Å²) in [5, 5.41) is 5.13. The standard InChI is InChI=1S/C34H20BNO/c1-4-13-27-23(9-1)26-12-7-8-21-16-18-32-34(33(21)26)35(27)28-20-22(17-19-31(28)37-32)36-29-14-5-2-10-24(29)25-11-3-6-15-30(25)36/h1-20H. The molecule has 0 aliphatic carbocycles. The van der Waals surface area contributed by atoms with E-state index < -0.39 is 0 Å². The smallest absolute Gasteiger partial charge is 0.252 e. The Labute approximate surface area is 214 Å². The molecule has 1 aromatic heterocycles. The molecular formula is C34H20BNO. The number of para-hydroxylation sites is 2. The van der Waals surface area contributed by atoms with E-state index >= 15 is 0 Å². The summed E-state index contributed by atoms with van der Waals surface area (Å²) in [6.07, 6.45) is 0. The Balaban J connectivity index is 1.37. The van der Waals surface area contributed by atoms with Crippen LogP contribution in [-0.4, -0.2) is 11.3 Å². The number of aromatic nitrogens is 1. The summed E-state index contributed by atoms with van der Waals surface area (Å²) in [6, 6.07) is 43.9. The summed E-state index contributed by atoms with van der Waals surface area (Å²) in [5.74, 6) is 1.91. The van der Waals surface area contributed by atoms with Gasteiger partial charge in [-0.2, -0.15) is 0 Å². The average molecular weight is 469 g/mol. The van der Waals surface area contributed by atoms with Gasteiger partial charge in [0, 0.05) is 16.5 Å². The maximum Gasteiger partial charge on any atom is 0.252 e. The monoisotopic (exact) mass is 469 g/mol. The molecule has 3 heteroatoms. The lowest BCUT2D eigenvalue weighted by Crippen LogP contribution is -2.57. The molecule has 170 valence electrons. The first-order valence-electron chi connectivity index (χ1n) is 12.8. The van der Waals surface area contributed by atoms with Crippen LogP contribution in [0.5, 0.6) is 11.5 Å². The van der Waals surface area contributed by atoms with Crippen LogP contribution in [0.4, 0.5) is 0 Å². The lowest BCUT2D eigenvalue weighted by atomic mass is 9.33. The predicted molar refractivity (Wildman–Crippen MR) is 155 cm³/mol. The minimum atomic E-state index is 0.126. The minimum absolute atomic E-state index is 0.126. The van der Waals surface area contributed by atoms with E-state index in [0.717, 1.165) is 17.2 Å². The normalized spacial score (nSPS) is 13.0. The zero-order valence-corrected chi connectivity index (χ0v) is 20.0. The van der Waals surface area contributed by atoms with Crippen molar-refractivity contribution in [2.24, 2.45) is 0 Å². The fourth-order valence-corrected chi connectivity index (χ4v) is 6.77. The molecule has 0 atom stereocenters. The summed E-state index contributed by atoms with van der Waals surface area (Å²) in [7, 11) is 0. The van der Waals surface area contributed by atoms with Crippen molar-refractivity contribution in [1.29, 1.82) is 0 Å². The minimum Gasteiger partial charge on any atom is -0.458 e. The summed E-state index contributed by atoms with van der Waals surface area (Å²) in [5.41, 5.74) is 10.1. The van der Waals surface area contributed by atoms with Crippen LogP contribution in [0.2, 0.25) is 0 Å². The van der Waals surface area contributed by atoms with Gasteiger partial charge in [0.25, 0.3) is 6.71 Å². The van der Waals surface area contributed by atoms with Gasteiger partial charge in [-0.05, 0) is 69.2 Å². The Kier molecular flexibility index (Phi) is 3.64. The molecule has 7 aromatic rings. The Bertz CT molecular complexity index is 2030. The molecule has 37 heavy (non-hydrogen) atoms. The second-order valence-corrected chi connectivity index (χ2v) is 10.1. The second kappa shape index (κ2) is 6.92. The summed E-state index contributed by atoms with van der Waals surface area (Å²) in [6.45, 7) is 0.126. The van der Waals surface area contributed by atoms with E-state index in [1.165, 1.54) is 60.1 Å². The van der Waals surface area contributed by atoms with Crippen LogP contribution in [0.1, 0.15) is 0 Å². The maximum atomic E-state index is 6.60. The van der Waals surface area contributed by atoms with Crippen molar-refractivity contribution in [2.45, 2.75) is 0 Å². The highest BCUT2D eigenvalue weighted by Gasteiger charge is 2.39. The molecule has 0 saturated carbocycles. The first-order chi connectivity index (χ1) is 18.4. The van der Waals surface area contributed by atoms with Gasteiger partial charge in [0.15, 0.2) is 0 Å². The number of fused-ring (bicyclic) bond motifs is 8. The Morgan fingerprint density at radius 1 is 0.541 bits per heavy atom. The molecule has 0 spiro atoms. The molecule has 0 fully saturated rings. The van der Waals surface area contributed by atoms with Crippen molar-refractivity contribution in [3.63, 3.8) is 0 Å². The summed E-state index contributed by atoms with van der Waals surface area (Å²) in [4.78, 5) is 0. The van der Waals surface area contributed by atoms with Gasteiger partial charge in [-0.25, -0.2) is 0 Å². The van der Waals surface area contributed by atoms with Crippen LogP contribution >= 0.6 is 0 Å². The van der Waals surface area contributed by atoms with E-state index in [4.69, 9.17) is 4.74 Å². The van der Waals surface area contributed by atoms with Gasteiger partial charge >= 0.3 is 0 Å². The largest absolute Gasteiger partial charge is 0.458 e. The van der Waals surface area contributed by atoms with Gasteiger partial charge in [-0.3, -0.25) is 0 Å². The lowest BCUT2D eigenvalue weighted by molar-refractivity contribution is 0.488. The van der Waals surface area contributed by atoms with Crippen LogP contribution < -0.4 is 21.1 Å². The third kappa shape index (κ3) is 2.46. The molecule has 0 saturated heterocycles. The number of hydrogen-bond acceptors (Lipinski definition) is 1. The number of rotatable bonds is 1. The molecule has 0 unspecified atom stereocenters. The third-order valence-electron chi connectivity index (χ3n) is 8.26.